The summed E-state index contributed by atoms with van der Waals surface area (Å²) >= 11 is 6.14. The maximum Gasteiger partial charge on any atom is 0.319 e. The molecule has 1 fully saturated rings. The van der Waals surface area contributed by atoms with Crippen LogP contribution in [0.15, 0.2) is 36.7 Å². The topological polar surface area (TPSA) is 75.0 Å². The summed E-state index contributed by atoms with van der Waals surface area (Å²) in [6.45, 7) is 0.171. The first-order valence-electron chi connectivity index (χ1n) is 8.07. The van der Waals surface area contributed by atoms with Crippen molar-refractivity contribution in [2.24, 2.45) is 5.92 Å². The van der Waals surface area contributed by atoms with Gasteiger partial charge in [-0.3, -0.25) is 15.1 Å². The van der Waals surface area contributed by atoms with Gasteiger partial charge in [0.15, 0.2) is 0 Å². The number of carbonyl (C=O) groups is 1. The molecule has 1 aliphatic carbocycles. The van der Waals surface area contributed by atoms with Crippen LogP contribution in [0.3, 0.4) is 0 Å². The monoisotopic (exact) mass is 355 g/mol. The summed E-state index contributed by atoms with van der Waals surface area (Å²) in [7, 11) is 1.38. The minimum absolute atomic E-state index is 0.0698. The quantitative estimate of drug-likeness (QED) is 0.803. The Bertz CT molecular complexity index is 828. The molecule has 0 bridgehead atoms. The lowest BCUT2D eigenvalue weighted by molar-refractivity contribution is -0.139. The largest absolute Gasteiger partial charge is 0.468 e. The standard InChI is InChI=1S/C19H18ClN3O2/c1-25-18(24)11-23-19(12-2-3-12)16-6-15(9-22-10-16)13-4-5-14(8-21)17(20)7-13/h4-7,9-10,12,19,23H,2-3,11H2,1H3. The highest BCUT2D eigenvalue weighted by atomic mass is 35.5. The molecule has 0 amide bonds. The van der Waals surface area contributed by atoms with Gasteiger partial charge in [0, 0.05) is 24.0 Å². The number of pyridine rings is 1. The van der Waals surface area contributed by atoms with Gasteiger partial charge in [-0.2, -0.15) is 5.26 Å². The van der Waals surface area contributed by atoms with E-state index in [4.69, 9.17) is 21.6 Å². The molecule has 3 rings (SSSR count). The van der Waals surface area contributed by atoms with Gasteiger partial charge in [0.1, 0.15) is 6.07 Å². The summed E-state index contributed by atoms with van der Waals surface area (Å²) in [6.07, 6.45) is 5.85. The van der Waals surface area contributed by atoms with Crippen molar-refractivity contribution in [1.29, 1.82) is 5.26 Å². The van der Waals surface area contributed by atoms with Crippen molar-refractivity contribution in [3.63, 3.8) is 0 Å². The molecule has 1 saturated carbocycles. The first-order chi connectivity index (χ1) is 12.1. The molecule has 25 heavy (non-hydrogen) atoms. The Morgan fingerprint density at radius 3 is 2.84 bits per heavy atom. The Labute approximate surface area is 151 Å². The number of halogens is 1. The van der Waals surface area contributed by atoms with Crippen LogP contribution in [-0.4, -0.2) is 24.6 Å². The molecule has 1 aromatic heterocycles. The van der Waals surface area contributed by atoms with E-state index in [-0.39, 0.29) is 18.6 Å². The van der Waals surface area contributed by atoms with Crippen molar-refractivity contribution >= 4 is 17.6 Å². The maximum absolute atomic E-state index is 11.4. The molecule has 0 saturated heterocycles. The molecule has 1 aliphatic rings. The van der Waals surface area contributed by atoms with Gasteiger partial charge in [-0.25, -0.2) is 0 Å². The molecule has 1 N–H and O–H groups in total. The van der Waals surface area contributed by atoms with Crippen LogP contribution in [0.4, 0.5) is 0 Å². The lowest BCUT2D eigenvalue weighted by Gasteiger charge is -2.18. The smallest absolute Gasteiger partial charge is 0.319 e. The van der Waals surface area contributed by atoms with Gasteiger partial charge in [0.2, 0.25) is 0 Å². The minimum atomic E-state index is -0.284. The molecule has 1 heterocycles. The number of hydrogen-bond donors (Lipinski definition) is 1. The Hall–Kier alpha value is -2.42. The van der Waals surface area contributed by atoms with Crippen LogP contribution in [-0.2, 0) is 9.53 Å². The number of ether oxygens (including phenoxy) is 1. The van der Waals surface area contributed by atoms with Crippen molar-refractivity contribution in [3.05, 3.63) is 52.8 Å². The highest BCUT2D eigenvalue weighted by Crippen LogP contribution is 2.41. The summed E-state index contributed by atoms with van der Waals surface area (Å²) < 4.78 is 4.71. The first kappa shape index (κ1) is 17.4. The minimum Gasteiger partial charge on any atom is -0.468 e. The zero-order valence-electron chi connectivity index (χ0n) is 13.8. The number of nitrogens with one attached hydrogen (secondary N) is 1. The average Bonchev–Trinajstić information content (AvgIpc) is 3.47. The van der Waals surface area contributed by atoms with E-state index < -0.39 is 0 Å². The van der Waals surface area contributed by atoms with Gasteiger partial charge in [-0.15, -0.1) is 0 Å². The molecule has 1 atom stereocenters. The molecule has 128 valence electrons. The number of nitriles is 1. The van der Waals surface area contributed by atoms with E-state index in [1.807, 2.05) is 12.3 Å². The molecule has 2 aromatic rings. The van der Waals surface area contributed by atoms with Crippen molar-refractivity contribution < 1.29 is 9.53 Å². The van der Waals surface area contributed by atoms with E-state index in [2.05, 4.69) is 22.4 Å². The van der Waals surface area contributed by atoms with Gasteiger partial charge in [-0.05, 0) is 48.1 Å². The molecule has 1 aromatic carbocycles. The third kappa shape index (κ3) is 4.16. The average molecular weight is 356 g/mol. The number of aromatic nitrogens is 1. The van der Waals surface area contributed by atoms with Gasteiger partial charge in [-0.1, -0.05) is 17.7 Å². The normalized spacial score (nSPS) is 14.6. The molecule has 0 aliphatic heterocycles. The Kier molecular flexibility index (Phi) is 5.32. The molecule has 6 heteroatoms. The summed E-state index contributed by atoms with van der Waals surface area (Å²) in [5, 5.41) is 12.7. The third-order valence-corrected chi connectivity index (χ3v) is 4.64. The van der Waals surface area contributed by atoms with Crippen molar-refractivity contribution in [2.75, 3.05) is 13.7 Å². The number of benzene rings is 1. The molecular weight excluding hydrogens is 338 g/mol. The van der Waals surface area contributed by atoms with Gasteiger partial charge < -0.3 is 4.74 Å². The molecule has 1 unspecified atom stereocenters. The van der Waals surface area contributed by atoms with Crippen LogP contribution < -0.4 is 5.32 Å². The number of carbonyl (C=O) groups excluding carboxylic acids is 1. The lowest BCUT2D eigenvalue weighted by atomic mass is 9.99. The summed E-state index contributed by atoms with van der Waals surface area (Å²) in [5.74, 6) is 0.222. The Morgan fingerprint density at radius 2 is 2.20 bits per heavy atom. The number of nitrogens with zero attached hydrogens (tertiary/aromatic N) is 2. The third-order valence-electron chi connectivity index (χ3n) is 4.33. The molecular formula is C19H18ClN3O2. The van der Waals surface area contributed by atoms with E-state index >= 15 is 0 Å². The highest BCUT2D eigenvalue weighted by molar-refractivity contribution is 6.32. The number of rotatable bonds is 6. The van der Waals surface area contributed by atoms with Crippen LogP contribution in [0, 0.1) is 17.2 Å². The molecule has 0 spiro atoms. The van der Waals surface area contributed by atoms with E-state index in [0.29, 0.717) is 16.5 Å². The second-order valence-electron chi connectivity index (χ2n) is 6.09. The SMILES string of the molecule is COC(=O)CNC(c1cncc(-c2ccc(C#N)c(Cl)c2)c1)C1CC1. The van der Waals surface area contributed by atoms with E-state index in [1.165, 1.54) is 7.11 Å². The van der Waals surface area contributed by atoms with Gasteiger partial charge in [0.25, 0.3) is 0 Å². The summed E-state index contributed by atoms with van der Waals surface area (Å²) in [5.41, 5.74) is 3.31. The van der Waals surface area contributed by atoms with Gasteiger partial charge >= 0.3 is 5.97 Å². The Balaban J connectivity index is 1.85. The van der Waals surface area contributed by atoms with Crippen molar-refractivity contribution in [2.45, 2.75) is 18.9 Å². The number of esters is 1. The zero-order chi connectivity index (χ0) is 17.8. The van der Waals surface area contributed by atoms with Crippen molar-refractivity contribution in [3.8, 4) is 17.2 Å². The maximum atomic E-state index is 11.4. The fourth-order valence-corrected chi connectivity index (χ4v) is 3.05. The van der Waals surface area contributed by atoms with Crippen LogP contribution in [0.25, 0.3) is 11.1 Å². The van der Waals surface area contributed by atoms with Crippen LogP contribution in [0.1, 0.15) is 30.0 Å². The van der Waals surface area contributed by atoms with E-state index in [1.54, 1.807) is 18.3 Å². The van der Waals surface area contributed by atoms with Gasteiger partial charge in [0.05, 0.1) is 24.2 Å². The van der Waals surface area contributed by atoms with Crippen LogP contribution in [0.5, 0.6) is 0 Å². The van der Waals surface area contributed by atoms with Crippen LogP contribution in [0.2, 0.25) is 5.02 Å². The van der Waals surface area contributed by atoms with E-state index in [9.17, 15) is 4.79 Å². The highest BCUT2D eigenvalue weighted by Gasteiger charge is 2.32. The Morgan fingerprint density at radius 1 is 1.40 bits per heavy atom. The molecule has 0 radical (unpaired) electrons. The summed E-state index contributed by atoms with van der Waals surface area (Å²) in [6, 6.07) is 9.52. The van der Waals surface area contributed by atoms with Crippen molar-refractivity contribution in [1.82, 2.24) is 10.3 Å². The zero-order valence-corrected chi connectivity index (χ0v) is 14.6. The second-order valence-corrected chi connectivity index (χ2v) is 6.49. The fourth-order valence-electron chi connectivity index (χ4n) is 2.82. The second kappa shape index (κ2) is 7.64. The first-order valence-corrected chi connectivity index (χ1v) is 8.45. The molecule has 5 nitrogen and oxygen atoms in total. The number of hydrogen-bond acceptors (Lipinski definition) is 5. The van der Waals surface area contributed by atoms with E-state index in [0.717, 1.165) is 29.5 Å². The lowest BCUT2D eigenvalue weighted by Crippen LogP contribution is -2.29. The predicted molar refractivity (Wildman–Crippen MR) is 94.9 cm³/mol. The number of methoxy groups -OCH3 is 1. The predicted octanol–water partition coefficient (Wildman–Crippen LogP) is 3.49. The fraction of sp³-hybridized carbons (Fsp3) is 0.316. The summed E-state index contributed by atoms with van der Waals surface area (Å²) in [4.78, 5) is 15.8. The van der Waals surface area contributed by atoms with Crippen LogP contribution >= 0.6 is 11.6 Å².